The molecule has 1 aliphatic rings. The molecule has 7 nitrogen and oxygen atoms in total. The first-order valence-electron chi connectivity index (χ1n) is 10.3. The van der Waals surface area contributed by atoms with Crippen molar-refractivity contribution in [2.24, 2.45) is 5.92 Å². The van der Waals surface area contributed by atoms with Gasteiger partial charge in [-0.3, -0.25) is 10.00 Å². The molecule has 160 valence electrons. The highest BCUT2D eigenvalue weighted by Crippen LogP contribution is 2.35. The van der Waals surface area contributed by atoms with Gasteiger partial charge in [-0.15, -0.1) is 0 Å². The molecule has 1 fully saturated rings. The van der Waals surface area contributed by atoms with E-state index in [-0.39, 0.29) is 6.61 Å². The minimum absolute atomic E-state index is 0.252. The quantitative estimate of drug-likeness (QED) is 0.706. The molecule has 1 aromatic carbocycles. The lowest BCUT2D eigenvalue weighted by Gasteiger charge is -2.27. The fraction of sp³-hybridized carbons (Fsp3) is 0.636. The van der Waals surface area contributed by atoms with E-state index in [0.717, 1.165) is 36.6 Å². The highest BCUT2D eigenvalue weighted by molar-refractivity contribution is 5.92. The number of hydrogen-bond donors (Lipinski definition) is 3. The zero-order valence-electron chi connectivity index (χ0n) is 18.0. The Kier molecular flexibility index (Phi) is 5.92. The van der Waals surface area contributed by atoms with Crippen LogP contribution in [0.2, 0.25) is 0 Å². The first kappa shape index (κ1) is 21.6. The van der Waals surface area contributed by atoms with Crippen LogP contribution < -0.4 is 5.32 Å². The van der Waals surface area contributed by atoms with E-state index in [9.17, 15) is 15.0 Å². The summed E-state index contributed by atoms with van der Waals surface area (Å²) >= 11 is 0. The SMILES string of the molecule is CC(C)(C)OC(=O)Nc1cc2cn([C@H]3CC[C@H](CO)CC3)nc2cc1C(C)(C)O. The van der Waals surface area contributed by atoms with Crippen LogP contribution in [0.1, 0.15) is 71.9 Å². The van der Waals surface area contributed by atoms with Gasteiger partial charge in [0, 0.05) is 23.8 Å². The van der Waals surface area contributed by atoms with Gasteiger partial charge in [0.05, 0.1) is 22.8 Å². The molecule has 0 radical (unpaired) electrons. The van der Waals surface area contributed by atoms with Gasteiger partial charge in [-0.25, -0.2) is 4.79 Å². The maximum atomic E-state index is 12.3. The summed E-state index contributed by atoms with van der Waals surface area (Å²) in [6, 6.07) is 3.98. The minimum Gasteiger partial charge on any atom is -0.444 e. The summed E-state index contributed by atoms with van der Waals surface area (Å²) in [6.45, 7) is 9.04. The fourth-order valence-electron chi connectivity index (χ4n) is 3.89. The molecule has 3 rings (SSSR count). The number of carbonyl (C=O) groups is 1. The number of nitrogens with zero attached hydrogens (tertiary/aromatic N) is 2. The number of rotatable bonds is 4. The second-order valence-corrected chi connectivity index (χ2v) is 9.61. The van der Waals surface area contributed by atoms with E-state index in [1.54, 1.807) is 13.8 Å². The van der Waals surface area contributed by atoms with Crippen LogP contribution in [0.25, 0.3) is 10.9 Å². The predicted octanol–water partition coefficient (Wildman–Crippen LogP) is 4.33. The summed E-state index contributed by atoms with van der Waals surface area (Å²) < 4.78 is 7.36. The largest absolute Gasteiger partial charge is 0.444 e. The zero-order chi connectivity index (χ0) is 21.4. The molecule has 1 heterocycles. The molecule has 0 unspecified atom stereocenters. The van der Waals surface area contributed by atoms with E-state index >= 15 is 0 Å². The number of hydrogen-bond acceptors (Lipinski definition) is 5. The minimum atomic E-state index is -1.15. The highest BCUT2D eigenvalue weighted by atomic mass is 16.6. The van der Waals surface area contributed by atoms with Crippen LogP contribution in [-0.2, 0) is 10.3 Å². The van der Waals surface area contributed by atoms with Crippen LogP contribution in [0.5, 0.6) is 0 Å². The molecule has 0 aliphatic heterocycles. The molecule has 1 amide bonds. The van der Waals surface area contributed by atoms with E-state index in [0.29, 0.717) is 23.2 Å². The number of aliphatic hydroxyl groups is 2. The Labute approximate surface area is 172 Å². The molecule has 1 aromatic heterocycles. The van der Waals surface area contributed by atoms with E-state index in [4.69, 9.17) is 9.84 Å². The Morgan fingerprint density at radius 2 is 1.86 bits per heavy atom. The van der Waals surface area contributed by atoms with Crippen molar-refractivity contribution in [1.82, 2.24) is 9.78 Å². The average molecular weight is 404 g/mol. The molecule has 0 saturated heterocycles. The smallest absolute Gasteiger partial charge is 0.412 e. The summed E-state index contributed by atoms with van der Waals surface area (Å²) in [5.41, 5.74) is 0.122. The Morgan fingerprint density at radius 1 is 1.21 bits per heavy atom. The van der Waals surface area contributed by atoms with E-state index < -0.39 is 17.3 Å². The van der Waals surface area contributed by atoms with Crippen molar-refractivity contribution in [3.05, 3.63) is 23.9 Å². The molecule has 1 aliphatic carbocycles. The number of ether oxygens (including phenoxy) is 1. The molecule has 29 heavy (non-hydrogen) atoms. The van der Waals surface area contributed by atoms with E-state index in [1.165, 1.54) is 0 Å². The lowest BCUT2D eigenvalue weighted by Crippen LogP contribution is -2.28. The monoisotopic (exact) mass is 403 g/mol. The third-order valence-electron chi connectivity index (χ3n) is 5.40. The van der Waals surface area contributed by atoms with Crippen LogP contribution in [0.3, 0.4) is 0 Å². The van der Waals surface area contributed by atoms with Gasteiger partial charge in [0.1, 0.15) is 5.60 Å². The van der Waals surface area contributed by atoms with Crippen LogP contribution in [0.4, 0.5) is 10.5 Å². The van der Waals surface area contributed by atoms with Crippen molar-refractivity contribution in [1.29, 1.82) is 0 Å². The van der Waals surface area contributed by atoms with Gasteiger partial charge in [0.2, 0.25) is 0 Å². The number of aliphatic hydroxyl groups excluding tert-OH is 1. The average Bonchev–Trinajstić information content (AvgIpc) is 3.01. The van der Waals surface area contributed by atoms with Gasteiger partial charge in [-0.1, -0.05) is 0 Å². The van der Waals surface area contributed by atoms with Gasteiger partial charge in [-0.2, -0.15) is 5.10 Å². The maximum Gasteiger partial charge on any atom is 0.412 e. The zero-order valence-corrected chi connectivity index (χ0v) is 18.0. The Hall–Kier alpha value is -2.12. The van der Waals surface area contributed by atoms with Crippen molar-refractivity contribution in [3.8, 4) is 0 Å². The summed E-state index contributed by atoms with van der Waals surface area (Å²) in [4.78, 5) is 12.3. The standard InChI is InChI=1S/C22H33N3O4/c1-21(2,3)29-20(27)23-19-10-15-12-25(16-8-6-14(13-26)7-9-16)24-18(15)11-17(19)22(4,5)28/h10-12,14,16,26,28H,6-9,13H2,1-5H3,(H,23,27)/t14-,16-. The molecule has 0 bridgehead atoms. The topological polar surface area (TPSA) is 96.6 Å². The number of carbonyl (C=O) groups excluding carboxylic acids is 1. The summed E-state index contributed by atoms with van der Waals surface area (Å²) in [6.07, 6.45) is 5.40. The van der Waals surface area contributed by atoms with Crippen LogP contribution >= 0.6 is 0 Å². The summed E-state index contributed by atoms with van der Waals surface area (Å²) in [5.74, 6) is 0.391. The van der Waals surface area contributed by atoms with Crippen LogP contribution in [-0.4, -0.2) is 38.3 Å². The molecule has 3 N–H and O–H groups in total. The molecule has 0 spiro atoms. The third kappa shape index (κ3) is 5.28. The van der Waals surface area contributed by atoms with Gasteiger partial charge in [0.15, 0.2) is 0 Å². The number of fused-ring (bicyclic) bond motifs is 1. The van der Waals surface area contributed by atoms with Crippen LogP contribution in [0.15, 0.2) is 18.3 Å². The van der Waals surface area contributed by atoms with Gasteiger partial charge in [0.25, 0.3) is 0 Å². The van der Waals surface area contributed by atoms with Crippen molar-refractivity contribution in [2.75, 3.05) is 11.9 Å². The normalized spacial score (nSPS) is 20.7. The van der Waals surface area contributed by atoms with E-state index in [2.05, 4.69) is 5.32 Å². The van der Waals surface area contributed by atoms with Crippen molar-refractivity contribution in [3.63, 3.8) is 0 Å². The molecular weight excluding hydrogens is 370 g/mol. The Balaban J connectivity index is 1.91. The predicted molar refractivity (Wildman–Crippen MR) is 113 cm³/mol. The first-order chi connectivity index (χ1) is 13.5. The summed E-state index contributed by atoms with van der Waals surface area (Å²) in [7, 11) is 0. The van der Waals surface area contributed by atoms with Gasteiger partial charge >= 0.3 is 6.09 Å². The number of benzene rings is 1. The lowest BCUT2D eigenvalue weighted by atomic mass is 9.87. The number of nitrogens with one attached hydrogen (secondary N) is 1. The third-order valence-corrected chi connectivity index (χ3v) is 5.40. The molecule has 2 aromatic rings. The Bertz CT molecular complexity index is 869. The molecule has 1 saturated carbocycles. The number of amides is 1. The molecule has 0 atom stereocenters. The second kappa shape index (κ2) is 7.95. The van der Waals surface area contributed by atoms with E-state index in [1.807, 2.05) is 43.8 Å². The number of anilines is 1. The molecular formula is C22H33N3O4. The van der Waals surface area contributed by atoms with Crippen molar-refractivity contribution < 1.29 is 19.7 Å². The first-order valence-corrected chi connectivity index (χ1v) is 10.3. The summed E-state index contributed by atoms with van der Waals surface area (Å²) in [5, 5.41) is 28.4. The Morgan fingerprint density at radius 3 is 2.41 bits per heavy atom. The highest BCUT2D eigenvalue weighted by Gasteiger charge is 2.26. The van der Waals surface area contributed by atoms with Crippen LogP contribution in [0, 0.1) is 5.92 Å². The maximum absolute atomic E-state index is 12.3. The number of aromatic nitrogens is 2. The van der Waals surface area contributed by atoms with Gasteiger partial charge < -0.3 is 14.9 Å². The lowest BCUT2D eigenvalue weighted by molar-refractivity contribution is 0.0632. The second-order valence-electron chi connectivity index (χ2n) is 9.61. The fourth-order valence-corrected chi connectivity index (χ4v) is 3.89. The van der Waals surface area contributed by atoms with Crippen molar-refractivity contribution >= 4 is 22.7 Å². The molecule has 7 heteroatoms. The van der Waals surface area contributed by atoms with Crippen molar-refractivity contribution in [2.45, 2.75) is 77.5 Å². The van der Waals surface area contributed by atoms with Gasteiger partial charge in [-0.05, 0) is 78.4 Å².